The number of amides is 1. The van der Waals surface area contributed by atoms with Crippen LogP contribution in [0.2, 0.25) is 0 Å². The van der Waals surface area contributed by atoms with Gasteiger partial charge in [0, 0.05) is 12.0 Å². The van der Waals surface area contributed by atoms with Gasteiger partial charge in [-0.15, -0.1) is 0 Å². The van der Waals surface area contributed by atoms with Crippen molar-refractivity contribution in [3.63, 3.8) is 0 Å². The zero-order valence-corrected chi connectivity index (χ0v) is 12.5. The molecule has 0 radical (unpaired) electrons. The van der Waals surface area contributed by atoms with Gasteiger partial charge in [-0.1, -0.05) is 13.8 Å². The first-order valence-corrected chi connectivity index (χ1v) is 6.87. The summed E-state index contributed by atoms with van der Waals surface area (Å²) < 4.78 is 5.48. The maximum Gasteiger partial charge on any atom is 0.237 e. The number of oxazole rings is 1. The Balaban J connectivity index is 2.42. The molecule has 0 bridgehead atoms. The number of carbonyl (C=O) groups excluding carboxylic acids is 1. The van der Waals surface area contributed by atoms with E-state index in [2.05, 4.69) is 22.5 Å². The van der Waals surface area contributed by atoms with Crippen molar-refractivity contribution in [1.29, 1.82) is 0 Å². The third kappa shape index (κ3) is 5.03. The first kappa shape index (κ1) is 15.7. The smallest absolute Gasteiger partial charge is 0.237 e. The molecule has 5 heteroatoms. The van der Waals surface area contributed by atoms with Crippen molar-refractivity contribution >= 4 is 5.91 Å². The van der Waals surface area contributed by atoms with E-state index in [1.54, 1.807) is 6.20 Å². The van der Waals surface area contributed by atoms with Crippen LogP contribution in [-0.4, -0.2) is 22.5 Å². The van der Waals surface area contributed by atoms with Gasteiger partial charge >= 0.3 is 0 Å². The van der Waals surface area contributed by atoms with Crippen molar-refractivity contribution in [1.82, 2.24) is 15.6 Å². The molecule has 0 aliphatic carbocycles. The van der Waals surface area contributed by atoms with Crippen molar-refractivity contribution < 1.29 is 9.21 Å². The zero-order chi connectivity index (χ0) is 14.5. The number of carbonyl (C=O) groups is 1. The molecule has 0 aromatic carbocycles. The molecule has 1 rings (SSSR count). The van der Waals surface area contributed by atoms with E-state index in [1.165, 1.54) is 0 Å². The summed E-state index contributed by atoms with van der Waals surface area (Å²) >= 11 is 0. The number of aromatic nitrogens is 1. The lowest BCUT2D eigenvalue weighted by Gasteiger charge is -2.26. The number of aryl methyl sites for hydroxylation is 1. The molecule has 1 aromatic heterocycles. The highest BCUT2D eigenvalue weighted by molar-refractivity contribution is 5.81. The molecule has 19 heavy (non-hydrogen) atoms. The lowest BCUT2D eigenvalue weighted by atomic mass is 10.0. The van der Waals surface area contributed by atoms with Crippen molar-refractivity contribution in [2.45, 2.75) is 65.6 Å². The summed E-state index contributed by atoms with van der Waals surface area (Å²) in [6.45, 7) is 10.4. The van der Waals surface area contributed by atoms with Gasteiger partial charge < -0.3 is 9.73 Å². The summed E-state index contributed by atoms with van der Waals surface area (Å²) in [5.74, 6) is 1.47. The van der Waals surface area contributed by atoms with Crippen molar-refractivity contribution in [2.75, 3.05) is 0 Å². The highest BCUT2D eigenvalue weighted by atomic mass is 16.4. The molecule has 0 saturated carbocycles. The maximum atomic E-state index is 12.0. The van der Waals surface area contributed by atoms with E-state index in [0.29, 0.717) is 12.4 Å². The minimum absolute atomic E-state index is 0.00544. The molecule has 0 spiro atoms. The van der Waals surface area contributed by atoms with Crippen LogP contribution < -0.4 is 10.6 Å². The Morgan fingerprint density at radius 3 is 2.68 bits per heavy atom. The van der Waals surface area contributed by atoms with E-state index in [9.17, 15) is 4.79 Å². The number of nitrogens with one attached hydrogen (secondary N) is 2. The van der Waals surface area contributed by atoms with Crippen LogP contribution in [0.5, 0.6) is 0 Å². The molecule has 108 valence electrons. The van der Waals surface area contributed by atoms with Crippen LogP contribution in [0.1, 0.15) is 52.7 Å². The van der Waals surface area contributed by atoms with Crippen LogP contribution in [0, 0.1) is 0 Å². The van der Waals surface area contributed by atoms with Gasteiger partial charge in [0.2, 0.25) is 11.8 Å². The summed E-state index contributed by atoms with van der Waals surface area (Å²) in [6, 6.07) is -0.275. The van der Waals surface area contributed by atoms with Crippen molar-refractivity contribution in [2.24, 2.45) is 0 Å². The van der Waals surface area contributed by atoms with Crippen LogP contribution in [0.3, 0.4) is 0 Å². The fraction of sp³-hybridized carbons (Fsp3) is 0.714. The Morgan fingerprint density at radius 1 is 1.47 bits per heavy atom. The average molecular weight is 267 g/mol. The third-order valence-corrected chi connectivity index (χ3v) is 3.25. The summed E-state index contributed by atoms with van der Waals surface area (Å²) in [6.07, 6.45) is 3.45. The Labute approximate surface area is 115 Å². The Hall–Kier alpha value is -1.36. The molecule has 1 amide bonds. The number of nitrogens with zero attached hydrogens (tertiary/aromatic N) is 1. The third-order valence-electron chi connectivity index (χ3n) is 3.25. The summed E-state index contributed by atoms with van der Waals surface area (Å²) in [5, 5.41) is 6.12. The Bertz CT molecular complexity index is 413. The first-order valence-electron chi connectivity index (χ1n) is 6.87. The van der Waals surface area contributed by atoms with Gasteiger partial charge in [0.1, 0.15) is 5.76 Å². The average Bonchev–Trinajstić information content (AvgIpc) is 2.83. The van der Waals surface area contributed by atoms with Crippen LogP contribution in [0.15, 0.2) is 10.6 Å². The van der Waals surface area contributed by atoms with Crippen molar-refractivity contribution in [3.8, 4) is 0 Å². The number of hydrogen-bond acceptors (Lipinski definition) is 4. The standard InChI is InChI=1S/C14H25N3O2/c1-6-11-8-16-12(19-11)9-15-10(3)13(18)17-14(4,5)7-2/h8,10,15H,6-7,9H2,1-5H3,(H,17,18). The molecule has 0 aliphatic heterocycles. The second kappa shape index (κ2) is 6.70. The summed E-state index contributed by atoms with van der Waals surface area (Å²) in [7, 11) is 0. The molecular weight excluding hydrogens is 242 g/mol. The molecule has 2 N–H and O–H groups in total. The van der Waals surface area contributed by atoms with Gasteiger partial charge in [-0.05, 0) is 27.2 Å². The summed E-state index contributed by atoms with van der Waals surface area (Å²) in [5.41, 5.74) is -0.175. The minimum atomic E-state index is -0.275. The molecule has 5 nitrogen and oxygen atoms in total. The Kier molecular flexibility index (Phi) is 5.54. The molecule has 0 aliphatic rings. The van der Waals surface area contributed by atoms with E-state index in [0.717, 1.165) is 18.6 Å². The van der Waals surface area contributed by atoms with E-state index in [1.807, 2.05) is 27.7 Å². The number of rotatable bonds is 7. The van der Waals surface area contributed by atoms with Gasteiger partial charge in [-0.3, -0.25) is 10.1 Å². The molecule has 0 fully saturated rings. The van der Waals surface area contributed by atoms with E-state index in [-0.39, 0.29) is 17.5 Å². The topological polar surface area (TPSA) is 67.2 Å². The fourth-order valence-corrected chi connectivity index (χ4v) is 1.46. The van der Waals surface area contributed by atoms with Gasteiger partial charge in [-0.2, -0.15) is 0 Å². The lowest BCUT2D eigenvalue weighted by molar-refractivity contribution is -0.124. The molecule has 1 unspecified atom stereocenters. The fourth-order valence-electron chi connectivity index (χ4n) is 1.46. The van der Waals surface area contributed by atoms with E-state index < -0.39 is 0 Å². The van der Waals surface area contributed by atoms with Gasteiger partial charge in [0.25, 0.3) is 0 Å². The first-order chi connectivity index (χ1) is 8.88. The zero-order valence-electron chi connectivity index (χ0n) is 12.5. The molecule has 0 saturated heterocycles. The maximum absolute atomic E-state index is 12.0. The van der Waals surface area contributed by atoms with Gasteiger partial charge in [0.15, 0.2) is 0 Å². The second-order valence-corrected chi connectivity index (χ2v) is 5.40. The second-order valence-electron chi connectivity index (χ2n) is 5.40. The highest BCUT2D eigenvalue weighted by Crippen LogP contribution is 2.07. The Morgan fingerprint density at radius 2 is 2.16 bits per heavy atom. The van der Waals surface area contributed by atoms with E-state index >= 15 is 0 Å². The summed E-state index contributed by atoms with van der Waals surface area (Å²) in [4.78, 5) is 16.1. The highest BCUT2D eigenvalue weighted by Gasteiger charge is 2.21. The van der Waals surface area contributed by atoms with Crippen LogP contribution in [-0.2, 0) is 17.8 Å². The number of hydrogen-bond donors (Lipinski definition) is 2. The predicted octanol–water partition coefficient (Wildman–Crippen LogP) is 2.02. The quantitative estimate of drug-likeness (QED) is 0.793. The lowest BCUT2D eigenvalue weighted by Crippen LogP contribution is -2.50. The largest absolute Gasteiger partial charge is 0.444 e. The molecule has 1 aromatic rings. The predicted molar refractivity (Wildman–Crippen MR) is 74.7 cm³/mol. The van der Waals surface area contributed by atoms with Crippen LogP contribution in [0.4, 0.5) is 0 Å². The normalized spacial score (nSPS) is 13.3. The van der Waals surface area contributed by atoms with E-state index in [4.69, 9.17) is 4.42 Å². The van der Waals surface area contributed by atoms with Crippen LogP contribution in [0.25, 0.3) is 0 Å². The molecule has 1 heterocycles. The molecular formula is C14H25N3O2. The molecule has 1 atom stereocenters. The SMILES string of the molecule is CCc1cnc(CNC(C)C(=O)NC(C)(C)CC)o1. The van der Waals surface area contributed by atoms with Crippen LogP contribution >= 0.6 is 0 Å². The minimum Gasteiger partial charge on any atom is -0.444 e. The van der Waals surface area contributed by atoms with Gasteiger partial charge in [0.05, 0.1) is 18.8 Å². The van der Waals surface area contributed by atoms with Crippen molar-refractivity contribution in [3.05, 3.63) is 17.8 Å². The monoisotopic (exact) mass is 267 g/mol. The van der Waals surface area contributed by atoms with Gasteiger partial charge in [-0.25, -0.2) is 4.98 Å².